The topological polar surface area (TPSA) is 68.1 Å². The largest absolute Gasteiger partial charge is 0.379 e. The zero-order valence-electron chi connectivity index (χ0n) is 10.2. The first-order chi connectivity index (χ1) is 9.06. The molecule has 1 aromatic heterocycles. The predicted molar refractivity (Wildman–Crippen MR) is 84.9 cm³/mol. The molecule has 0 saturated heterocycles. The number of nitrogens with zero attached hydrogens (tertiary/aromatic N) is 2. The van der Waals surface area contributed by atoms with E-state index in [4.69, 9.17) is 0 Å². The number of halogens is 1. The van der Waals surface area contributed by atoms with Crippen molar-refractivity contribution >= 4 is 45.3 Å². The molecule has 100 valence electrons. The first-order valence-electron chi connectivity index (χ1n) is 5.65. The minimum atomic E-state index is -0.363. The molecule has 0 fully saturated rings. The predicted octanol–water partition coefficient (Wildman–Crippen LogP) is 3.62. The lowest BCUT2D eigenvalue weighted by atomic mass is 10.2. The van der Waals surface area contributed by atoms with E-state index in [2.05, 4.69) is 32.9 Å². The molecule has 19 heavy (non-hydrogen) atoms. The van der Waals surface area contributed by atoms with Crippen molar-refractivity contribution in [2.45, 2.75) is 13.3 Å². The van der Waals surface area contributed by atoms with Crippen LogP contribution in [-0.4, -0.2) is 16.5 Å². The molecule has 5 nitrogen and oxygen atoms in total. The second kappa shape index (κ2) is 6.29. The van der Waals surface area contributed by atoms with Crippen LogP contribution in [0.3, 0.4) is 0 Å². The summed E-state index contributed by atoms with van der Waals surface area (Å²) in [5.74, 6) is 0. The van der Waals surface area contributed by atoms with E-state index >= 15 is 0 Å². The maximum absolute atomic E-state index is 11.0. The van der Waals surface area contributed by atoms with Crippen LogP contribution in [0.15, 0.2) is 23.6 Å². The van der Waals surface area contributed by atoms with Crippen LogP contribution in [0.25, 0.3) is 0 Å². The monoisotopic (exact) mass is 389 g/mol. The van der Waals surface area contributed by atoms with Gasteiger partial charge < -0.3 is 5.32 Å². The van der Waals surface area contributed by atoms with Gasteiger partial charge >= 0.3 is 0 Å². The average molecular weight is 389 g/mol. The zero-order valence-corrected chi connectivity index (χ0v) is 13.2. The highest BCUT2D eigenvalue weighted by atomic mass is 127. The fourth-order valence-corrected chi connectivity index (χ4v) is 2.88. The molecule has 2 aromatic rings. The number of rotatable bonds is 5. The minimum Gasteiger partial charge on any atom is -0.379 e. The summed E-state index contributed by atoms with van der Waals surface area (Å²) in [7, 11) is 0. The maximum Gasteiger partial charge on any atom is 0.293 e. The molecule has 7 heteroatoms. The van der Waals surface area contributed by atoms with E-state index in [1.807, 2.05) is 18.4 Å². The molecule has 0 radical (unpaired) electrons. The summed E-state index contributed by atoms with van der Waals surface area (Å²) in [6.07, 6.45) is 0.766. The Balaban J connectivity index is 2.01. The molecule has 0 spiro atoms. The summed E-state index contributed by atoms with van der Waals surface area (Å²) < 4.78 is 0.852. The molecule has 0 amide bonds. The van der Waals surface area contributed by atoms with Gasteiger partial charge in [0.05, 0.1) is 9.93 Å². The molecular formula is C12H12IN3O2S. The molecule has 0 aliphatic heterocycles. The van der Waals surface area contributed by atoms with Crippen molar-refractivity contribution in [1.29, 1.82) is 0 Å². The fourth-order valence-electron chi connectivity index (χ4n) is 1.63. The van der Waals surface area contributed by atoms with Crippen molar-refractivity contribution in [2.24, 2.45) is 0 Å². The summed E-state index contributed by atoms with van der Waals surface area (Å²) in [5, 5.41) is 17.1. The molecule has 0 atom stereocenters. The van der Waals surface area contributed by atoms with E-state index in [1.54, 1.807) is 23.5 Å². The van der Waals surface area contributed by atoms with E-state index in [9.17, 15) is 10.1 Å². The Hall–Kier alpha value is -1.22. The van der Waals surface area contributed by atoms with Crippen molar-refractivity contribution in [3.05, 3.63) is 48.0 Å². The number of nitro groups is 1. The number of aromatic nitrogens is 1. The molecule has 0 saturated carbocycles. The summed E-state index contributed by atoms with van der Waals surface area (Å²) in [5.41, 5.74) is 1.68. The van der Waals surface area contributed by atoms with E-state index in [1.165, 1.54) is 0 Å². The number of nitrogens with one attached hydrogen (secondary N) is 1. The minimum absolute atomic E-state index is 0.113. The van der Waals surface area contributed by atoms with Crippen molar-refractivity contribution in [3.63, 3.8) is 0 Å². The summed E-state index contributed by atoms with van der Waals surface area (Å²) >= 11 is 3.68. The maximum atomic E-state index is 11.0. The first-order valence-corrected chi connectivity index (χ1v) is 7.61. The fraction of sp³-hybridized carbons (Fsp3) is 0.250. The highest BCUT2D eigenvalue weighted by Gasteiger charge is 2.13. The molecule has 0 bridgehead atoms. The lowest BCUT2D eigenvalue weighted by Gasteiger charge is -2.06. The van der Waals surface area contributed by atoms with Gasteiger partial charge in [-0.2, -0.15) is 0 Å². The van der Waals surface area contributed by atoms with Gasteiger partial charge in [0.25, 0.3) is 5.69 Å². The van der Waals surface area contributed by atoms with Crippen LogP contribution in [0.1, 0.15) is 10.7 Å². The van der Waals surface area contributed by atoms with Gasteiger partial charge in [-0.3, -0.25) is 10.1 Å². The molecule has 0 aliphatic carbocycles. The van der Waals surface area contributed by atoms with E-state index in [0.29, 0.717) is 12.2 Å². The number of hydrogen-bond acceptors (Lipinski definition) is 5. The normalized spacial score (nSPS) is 10.4. The van der Waals surface area contributed by atoms with Gasteiger partial charge in [0.2, 0.25) is 0 Å². The number of nitro benzene ring substituents is 1. The van der Waals surface area contributed by atoms with E-state index in [-0.39, 0.29) is 10.6 Å². The Morgan fingerprint density at radius 2 is 2.32 bits per heavy atom. The second-order valence-corrected chi connectivity index (χ2v) is 6.17. The molecule has 0 aliphatic rings. The van der Waals surface area contributed by atoms with Gasteiger partial charge in [-0.15, -0.1) is 11.3 Å². The van der Waals surface area contributed by atoms with Gasteiger partial charge in [-0.1, -0.05) is 0 Å². The van der Waals surface area contributed by atoms with Crippen LogP contribution in [0.5, 0.6) is 0 Å². The number of anilines is 1. The SMILES string of the molecule is Cc1csc(CCNc2ccc(I)cc2[N+](=O)[O-])n1. The van der Waals surface area contributed by atoms with E-state index in [0.717, 1.165) is 20.7 Å². The Labute approximate surface area is 128 Å². The molecule has 0 unspecified atom stereocenters. The third kappa shape index (κ3) is 3.87. The quantitative estimate of drug-likeness (QED) is 0.482. The number of hydrogen-bond donors (Lipinski definition) is 1. The Bertz CT molecular complexity index is 600. The highest BCUT2D eigenvalue weighted by molar-refractivity contribution is 14.1. The lowest BCUT2D eigenvalue weighted by Crippen LogP contribution is -2.07. The smallest absolute Gasteiger partial charge is 0.293 e. The summed E-state index contributed by atoms with van der Waals surface area (Å²) in [6.45, 7) is 2.59. The van der Waals surface area contributed by atoms with Crippen LogP contribution in [0.2, 0.25) is 0 Å². The number of thiazole rings is 1. The van der Waals surface area contributed by atoms with Gasteiger partial charge in [0.1, 0.15) is 5.69 Å². The Morgan fingerprint density at radius 3 is 2.95 bits per heavy atom. The van der Waals surface area contributed by atoms with Crippen molar-refractivity contribution < 1.29 is 4.92 Å². The molecule has 1 N–H and O–H groups in total. The molecule has 1 aromatic carbocycles. The van der Waals surface area contributed by atoms with Crippen molar-refractivity contribution in [1.82, 2.24) is 4.98 Å². The summed E-state index contributed by atoms with van der Waals surface area (Å²) in [6, 6.07) is 5.16. The van der Waals surface area contributed by atoms with Crippen LogP contribution in [0.4, 0.5) is 11.4 Å². The molecule has 2 rings (SSSR count). The van der Waals surface area contributed by atoms with Crippen LogP contribution < -0.4 is 5.32 Å². The van der Waals surface area contributed by atoms with Crippen LogP contribution in [-0.2, 0) is 6.42 Å². The standard InChI is InChI=1S/C12H12IN3O2S/c1-8-7-19-12(15-8)4-5-14-10-3-2-9(13)6-11(10)16(17)18/h2-3,6-7,14H,4-5H2,1H3. The third-order valence-corrected chi connectivity index (χ3v) is 4.17. The summed E-state index contributed by atoms with van der Waals surface area (Å²) in [4.78, 5) is 15.0. The highest BCUT2D eigenvalue weighted by Crippen LogP contribution is 2.26. The van der Waals surface area contributed by atoms with Crippen molar-refractivity contribution in [3.8, 4) is 0 Å². The molecular weight excluding hydrogens is 377 g/mol. The van der Waals surface area contributed by atoms with Gasteiger partial charge in [0, 0.05) is 33.7 Å². The van der Waals surface area contributed by atoms with Crippen LogP contribution in [0, 0.1) is 20.6 Å². The second-order valence-electron chi connectivity index (χ2n) is 3.98. The zero-order chi connectivity index (χ0) is 13.8. The van der Waals surface area contributed by atoms with E-state index < -0.39 is 0 Å². The first kappa shape index (κ1) is 14.2. The molecule has 1 heterocycles. The van der Waals surface area contributed by atoms with Gasteiger partial charge in [0.15, 0.2) is 0 Å². The number of aryl methyl sites for hydroxylation is 1. The van der Waals surface area contributed by atoms with Gasteiger partial charge in [-0.05, 0) is 41.6 Å². The van der Waals surface area contributed by atoms with Crippen LogP contribution >= 0.6 is 33.9 Å². The Kier molecular flexibility index (Phi) is 4.70. The lowest BCUT2D eigenvalue weighted by molar-refractivity contribution is -0.384. The third-order valence-electron chi connectivity index (χ3n) is 2.48. The van der Waals surface area contributed by atoms with Crippen molar-refractivity contribution in [2.75, 3.05) is 11.9 Å². The Morgan fingerprint density at radius 1 is 1.53 bits per heavy atom. The number of benzene rings is 1. The average Bonchev–Trinajstić information content (AvgIpc) is 2.77. The van der Waals surface area contributed by atoms with Gasteiger partial charge in [-0.25, -0.2) is 4.98 Å².